The van der Waals surface area contributed by atoms with Crippen molar-refractivity contribution in [2.45, 2.75) is 12.8 Å². The number of rotatable bonds is 5. The van der Waals surface area contributed by atoms with Crippen LogP contribution in [0.25, 0.3) is 0 Å². The lowest BCUT2D eigenvalue weighted by atomic mass is 10.2. The first kappa shape index (κ1) is 16.8. The molecule has 0 unspecified atom stereocenters. The highest BCUT2D eigenvalue weighted by Crippen LogP contribution is 2.21. The fourth-order valence-electron chi connectivity index (χ4n) is 2.72. The number of esters is 1. The second-order valence-electron chi connectivity index (χ2n) is 5.78. The van der Waals surface area contributed by atoms with Crippen molar-refractivity contribution in [3.05, 3.63) is 59.6 Å². The minimum absolute atomic E-state index is 0.162. The van der Waals surface area contributed by atoms with E-state index in [1.807, 2.05) is 24.3 Å². The number of ether oxygens (including phenoxy) is 1. The lowest BCUT2D eigenvalue weighted by Gasteiger charge is -2.17. The molecule has 1 fully saturated rings. The average molecular weight is 341 g/mol. The zero-order chi connectivity index (χ0) is 17.6. The van der Waals surface area contributed by atoms with Gasteiger partial charge >= 0.3 is 11.7 Å². The van der Waals surface area contributed by atoms with Gasteiger partial charge in [-0.2, -0.15) is 4.73 Å². The van der Waals surface area contributed by atoms with Crippen LogP contribution in [-0.2, 0) is 9.53 Å². The van der Waals surface area contributed by atoms with Crippen LogP contribution in [0, 0.1) is 5.21 Å². The van der Waals surface area contributed by atoms with Crippen LogP contribution in [0.2, 0.25) is 0 Å². The van der Waals surface area contributed by atoms with Crippen molar-refractivity contribution in [1.82, 2.24) is 0 Å². The minimum atomic E-state index is -0.838. The summed E-state index contributed by atoms with van der Waals surface area (Å²) in [5.41, 5.74) is 1.60. The smallest absolute Gasteiger partial charge is 0.405 e. The fraction of sp³-hybridized carbons (Fsp3) is 0.278. The summed E-state index contributed by atoms with van der Waals surface area (Å²) in [6.07, 6.45) is 3.60. The van der Waals surface area contributed by atoms with Crippen molar-refractivity contribution in [2.75, 3.05) is 29.9 Å². The third-order valence-electron chi connectivity index (χ3n) is 3.99. The molecule has 1 aliphatic heterocycles. The van der Waals surface area contributed by atoms with Crippen molar-refractivity contribution in [2.24, 2.45) is 0 Å². The number of nitrogens with zero attached hydrogens (tertiary/aromatic N) is 2. The Hall–Kier alpha value is -3.09. The minimum Gasteiger partial charge on any atom is -0.618 e. The summed E-state index contributed by atoms with van der Waals surface area (Å²) in [5.74, 6) is -1.30. The molecule has 3 rings (SSSR count). The van der Waals surface area contributed by atoms with Crippen LogP contribution in [0.5, 0.6) is 0 Å². The van der Waals surface area contributed by atoms with Crippen molar-refractivity contribution in [1.29, 1.82) is 0 Å². The van der Waals surface area contributed by atoms with Gasteiger partial charge in [-0.15, -0.1) is 0 Å². The molecule has 1 N–H and O–H groups in total. The monoisotopic (exact) mass is 341 g/mol. The normalized spacial score (nSPS) is 13.5. The van der Waals surface area contributed by atoms with E-state index in [2.05, 4.69) is 10.2 Å². The zero-order valence-corrected chi connectivity index (χ0v) is 13.7. The zero-order valence-electron chi connectivity index (χ0n) is 13.7. The van der Waals surface area contributed by atoms with Gasteiger partial charge in [-0.25, -0.2) is 4.79 Å². The number of hydrogen-bond acceptors (Lipinski definition) is 5. The van der Waals surface area contributed by atoms with Gasteiger partial charge in [0.05, 0.1) is 0 Å². The fourth-order valence-corrected chi connectivity index (χ4v) is 2.72. The first-order chi connectivity index (χ1) is 12.1. The quantitative estimate of drug-likeness (QED) is 0.508. The van der Waals surface area contributed by atoms with E-state index in [4.69, 9.17) is 4.74 Å². The molecule has 0 saturated carbocycles. The predicted octanol–water partition coefficient (Wildman–Crippen LogP) is 1.72. The molecule has 25 heavy (non-hydrogen) atoms. The molecule has 0 spiro atoms. The standard InChI is InChI=1S/C18H19N3O4/c22-17(13-25-18(23)16-5-1-2-12-21(16)24)19-14-6-8-15(9-7-14)20-10-3-4-11-20/h1-2,5-9,12H,3-4,10-11,13H2,(H,19,22). The Morgan fingerprint density at radius 3 is 2.52 bits per heavy atom. The highest BCUT2D eigenvalue weighted by molar-refractivity contribution is 5.94. The van der Waals surface area contributed by atoms with Crippen molar-refractivity contribution in [3.8, 4) is 0 Å². The van der Waals surface area contributed by atoms with Gasteiger partial charge in [-0.3, -0.25) is 4.79 Å². The molecule has 0 bridgehead atoms. The molecule has 1 aromatic heterocycles. The highest BCUT2D eigenvalue weighted by atomic mass is 16.5. The SMILES string of the molecule is O=C(COC(=O)c1cccc[n+]1[O-])Nc1ccc(N2CCCC2)cc1. The largest absolute Gasteiger partial charge is 0.618 e. The van der Waals surface area contributed by atoms with E-state index in [-0.39, 0.29) is 5.69 Å². The van der Waals surface area contributed by atoms with Crippen molar-refractivity contribution in [3.63, 3.8) is 0 Å². The predicted molar refractivity (Wildman–Crippen MR) is 92.2 cm³/mol. The van der Waals surface area contributed by atoms with E-state index >= 15 is 0 Å². The molecule has 130 valence electrons. The third-order valence-corrected chi connectivity index (χ3v) is 3.99. The topological polar surface area (TPSA) is 85.6 Å². The summed E-state index contributed by atoms with van der Waals surface area (Å²) in [7, 11) is 0. The van der Waals surface area contributed by atoms with Gasteiger partial charge in [0.2, 0.25) is 0 Å². The Balaban J connectivity index is 1.50. The molecule has 0 aliphatic carbocycles. The van der Waals surface area contributed by atoms with Crippen molar-refractivity contribution >= 4 is 23.3 Å². The Morgan fingerprint density at radius 1 is 1.12 bits per heavy atom. The molecular formula is C18H19N3O4. The average Bonchev–Trinajstić information content (AvgIpc) is 3.15. The Morgan fingerprint density at radius 2 is 1.84 bits per heavy atom. The Labute approximate surface area is 145 Å². The van der Waals surface area contributed by atoms with Crippen LogP contribution >= 0.6 is 0 Å². The van der Waals surface area contributed by atoms with E-state index in [0.717, 1.165) is 18.8 Å². The van der Waals surface area contributed by atoms with Gasteiger partial charge in [0.1, 0.15) is 0 Å². The molecule has 2 aromatic rings. The number of carbonyl (C=O) groups is 2. The lowest BCUT2D eigenvalue weighted by Crippen LogP contribution is -2.35. The number of amides is 1. The number of carbonyl (C=O) groups excluding carboxylic acids is 2. The summed E-state index contributed by atoms with van der Waals surface area (Å²) >= 11 is 0. The number of aromatic nitrogens is 1. The number of nitrogens with one attached hydrogen (secondary N) is 1. The third kappa shape index (κ3) is 4.26. The molecule has 7 nitrogen and oxygen atoms in total. The first-order valence-corrected chi connectivity index (χ1v) is 8.14. The molecule has 1 aliphatic rings. The number of pyridine rings is 1. The van der Waals surface area contributed by atoms with Gasteiger partial charge in [0, 0.05) is 36.6 Å². The van der Waals surface area contributed by atoms with Crippen LogP contribution < -0.4 is 14.9 Å². The number of hydrogen-bond donors (Lipinski definition) is 1. The van der Waals surface area contributed by atoms with E-state index in [9.17, 15) is 14.8 Å². The summed E-state index contributed by atoms with van der Waals surface area (Å²) in [4.78, 5) is 26.0. The molecule has 1 saturated heterocycles. The van der Waals surface area contributed by atoms with E-state index < -0.39 is 18.5 Å². The summed E-state index contributed by atoms with van der Waals surface area (Å²) in [5, 5.41) is 14.1. The van der Waals surface area contributed by atoms with Crippen LogP contribution in [0.4, 0.5) is 11.4 Å². The van der Waals surface area contributed by atoms with Gasteiger partial charge in [0.15, 0.2) is 12.8 Å². The second kappa shape index (κ2) is 7.65. The van der Waals surface area contributed by atoms with E-state index in [1.165, 1.54) is 31.2 Å². The maximum atomic E-state index is 11.9. The molecule has 1 aromatic carbocycles. The maximum absolute atomic E-state index is 11.9. The first-order valence-electron chi connectivity index (χ1n) is 8.14. The summed E-state index contributed by atoms with van der Waals surface area (Å²) < 4.78 is 5.27. The molecule has 1 amide bonds. The van der Waals surface area contributed by atoms with Crippen molar-refractivity contribution < 1.29 is 19.1 Å². The maximum Gasteiger partial charge on any atom is 0.405 e. The molecule has 2 heterocycles. The molecule has 0 radical (unpaired) electrons. The van der Waals surface area contributed by atoms with E-state index in [0.29, 0.717) is 10.4 Å². The van der Waals surface area contributed by atoms with Crippen LogP contribution in [0.1, 0.15) is 23.3 Å². The van der Waals surface area contributed by atoms with Gasteiger partial charge in [0.25, 0.3) is 5.91 Å². The van der Waals surface area contributed by atoms with E-state index in [1.54, 1.807) is 6.07 Å². The summed E-state index contributed by atoms with van der Waals surface area (Å²) in [6, 6.07) is 11.9. The second-order valence-corrected chi connectivity index (χ2v) is 5.78. The molecule has 0 atom stereocenters. The number of anilines is 2. The van der Waals surface area contributed by atoms with Crippen LogP contribution in [-0.4, -0.2) is 31.6 Å². The molecule has 7 heteroatoms. The lowest BCUT2D eigenvalue weighted by molar-refractivity contribution is -0.608. The Bertz CT molecular complexity index is 755. The highest BCUT2D eigenvalue weighted by Gasteiger charge is 2.18. The van der Waals surface area contributed by atoms with Gasteiger partial charge in [-0.1, -0.05) is 0 Å². The van der Waals surface area contributed by atoms with Crippen LogP contribution in [0.3, 0.4) is 0 Å². The van der Waals surface area contributed by atoms with Crippen LogP contribution in [0.15, 0.2) is 48.7 Å². The van der Waals surface area contributed by atoms with Gasteiger partial charge < -0.3 is 20.2 Å². The number of benzene rings is 1. The summed E-state index contributed by atoms with van der Waals surface area (Å²) in [6.45, 7) is 1.66. The van der Waals surface area contributed by atoms with Gasteiger partial charge in [-0.05, 0) is 43.2 Å². The molecular weight excluding hydrogens is 322 g/mol. The Kier molecular flexibility index (Phi) is 5.13.